The molecule has 120 valence electrons. The van der Waals surface area contributed by atoms with Crippen molar-refractivity contribution >= 4 is 16.0 Å². The molecule has 0 unspecified atom stereocenters. The lowest BCUT2D eigenvalue weighted by Gasteiger charge is -2.23. The summed E-state index contributed by atoms with van der Waals surface area (Å²) >= 11 is 0. The van der Waals surface area contributed by atoms with E-state index in [1.807, 2.05) is 0 Å². The Morgan fingerprint density at radius 2 is 2.05 bits per heavy atom. The number of aliphatic carboxylic acids is 1. The van der Waals surface area contributed by atoms with E-state index in [-0.39, 0.29) is 24.8 Å². The third-order valence-corrected chi connectivity index (χ3v) is 6.68. The lowest BCUT2D eigenvalue weighted by molar-refractivity contribution is -0.149. The second kappa shape index (κ2) is 5.31. The molecule has 0 bridgehead atoms. The van der Waals surface area contributed by atoms with Gasteiger partial charge in [-0.25, -0.2) is 17.1 Å². The lowest BCUT2D eigenvalue weighted by Crippen LogP contribution is -2.37. The van der Waals surface area contributed by atoms with E-state index in [0.717, 1.165) is 12.8 Å². The molecule has 1 aromatic carbocycles. The number of sulfonamides is 1. The van der Waals surface area contributed by atoms with Gasteiger partial charge in [0.25, 0.3) is 0 Å². The molecule has 0 aromatic heterocycles. The fraction of sp³-hybridized carbons (Fsp3) is 0.533. The maximum absolute atomic E-state index is 12.9. The first-order valence-electron chi connectivity index (χ1n) is 7.29. The summed E-state index contributed by atoms with van der Waals surface area (Å²) in [5.74, 6) is -1.64. The summed E-state index contributed by atoms with van der Waals surface area (Å²) < 4.78 is 39.2. The number of fused-ring (bicyclic) bond motifs is 1. The zero-order chi connectivity index (χ0) is 16.0. The highest BCUT2D eigenvalue weighted by molar-refractivity contribution is 7.88. The molecule has 1 aliphatic heterocycles. The molecular weight excluding hydrogens is 309 g/mol. The van der Waals surface area contributed by atoms with E-state index in [2.05, 4.69) is 0 Å². The van der Waals surface area contributed by atoms with Gasteiger partial charge < -0.3 is 5.11 Å². The van der Waals surface area contributed by atoms with Gasteiger partial charge in [0.2, 0.25) is 10.0 Å². The van der Waals surface area contributed by atoms with Crippen LogP contribution in [0, 0.1) is 17.2 Å². The van der Waals surface area contributed by atoms with Crippen molar-refractivity contribution in [3.63, 3.8) is 0 Å². The van der Waals surface area contributed by atoms with Crippen LogP contribution in [0.1, 0.15) is 24.8 Å². The maximum Gasteiger partial charge on any atom is 0.311 e. The largest absolute Gasteiger partial charge is 0.481 e. The van der Waals surface area contributed by atoms with Crippen LogP contribution in [0.4, 0.5) is 4.39 Å². The van der Waals surface area contributed by atoms with Gasteiger partial charge in [0.1, 0.15) is 5.82 Å². The molecule has 2 aliphatic rings. The van der Waals surface area contributed by atoms with Crippen molar-refractivity contribution in [2.75, 3.05) is 13.1 Å². The highest BCUT2D eigenvalue weighted by Gasteiger charge is 2.56. The van der Waals surface area contributed by atoms with Crippen molar-refractivity contribution in [1.29, 1.82) is 0 Å². The summed E-state index contributed by atoms with van der Waals surface area (Å²) in [6, 6.07) is 5.33. The molecule has 1 N–H and O–H groups in total. The average molecular weight is 327 g/mol. The third-order valence-electron chi connectivity index (χ3n) is 4.92. The summed E-state index contributed by atoms with van der Waals surface area (Å²) in [5, 5.41) is 9.51. The molecule has 2 atom stereocenters. The quantitative estimate of drug-likeness (QED) is 0.916. The molecule has 2 fully saturated rings. The van der Waals surface area contributed by atoms with Gasteiger partial charge in [-0.3, -0.25) is 4.79 Å². The number of hydrogen-bond donors (Lipinski definition) is 1. The van der Waals surface area contributed by atoms with Gasteiger partial charge >= 0.3 is 5.97 Å². The van der Waals surface area contributed by atoms with Crippen molar-refractivity contribution in [2.24, 2.45) is 11.3 Å². The number of carboxylic acid groups (broad SMARTS) is 1. The first kappa shape index (κ1) is 15.4. The topological polar surface area (TPSA) is 74.7 Å². The van der Waals surface area contributed by atoms with Crippen LogP contribution in [0.2, 0.25) is 0 Å². The molecule has 1 aliphatic carbocycles. The van der Waals surface area contributed by atoms with Crippen LogP contribution in [0.15, 0.2) is 24.3 Å². The molecule has 1 saturated carbocycles. The van der Waals surface area contributed by atoms with Crippen LogP contribution in [0.25, 0.3) is 0 Å². The van der Waals surface area contributed by atoms with Crippen LogP contribution < -0.4 is 0 Å². The summed E-state index contributed by atoms with van der Waals surface area (Å²) in [5.41, 5.74) is -0.418. The monoisotopic (exact) mass is 327 g/mol. The highest BCUT2D eigenvalue weighted by atomic mass is 32.2. The minimum Gasteiger partial charge on any atom is -0.481 e. The fourth-order valence-corrected chi connectivity index (χ4v) is 5.32. The van der Waals surface area contributed by atoms with Crippen LogP contribution in [-0.2, 0) is 20.6 Å². The van der Waals surface area contributed by atoms with E-state index in [4.69, 9.17) is 0 Å². The van der Waals surface area contributed by atoms with Gasteiger partial charge in [0.15, 0.2) is 0 Å². The van der Waals surface area contributed by atoms with Gasteiger partial charge in [0, 0.05) is 13.1 Å². The lowest BCUT2D eigenvalue weighted by atomic mass is 9.81. The summed E-state index contributed by atoms with van der Waals surface area (Å²) in [6.07, 6.45) is 2.13. The number of carboxylic acids is 1. The first-order chi connectivity index (χ1) is 10.3. The minimum absolute atomic E-state index is 0.0521. The smallest absolute Gasteiger partial charge is 0.311 e. The molecular formula is C15H18FNO4S. The molecule has 3 rings (SSSR count). The van der Waals surface area contributed by atoms with Gasteiger partial charge in [0.05, 0.1) is 11.2 Å². The Kier molecular flexibility index (Phi) is 3.72. The van der Waals surface area contributed by atoms with Crippen LogP contribution in [0.3, 0.4) is 0 Å². The Bertz CT molecular complexity index is 688. The van der Waals surface area contributed by atoms with Crippen molar-refractivity contribution in [2.45, 2.75) is 25.0 Å². The number of halogens is 1. The zero-order valence-corrected chi connectivity index (χ0v) is 12.9. The van der Waals surface area contributed by atoms with Gasteiger partial charge in [-0.2, -0.15) is 0 Å². The summed E-state index contributed by atoms with van der Waals surface area (Å²) in [6.45, 7) is 0.326. The molecule has 22 heavy (non-hydrogen) atoms. The van der Waals surface area contributed by atoms with Gasteiger partial charge in [-0.15, -0.1) is 0 Å². The van der Waals surface area contributed by atoms with E-state index < -0.39 is 27.2 Å². The van der Waals surface area contributed by atoms with E-state index in [1.165, 1.54) is 28.6 Å². The Morgan fingerprint density at radius 3 is 2.64 bits per heavy atom. The Hall–Kier alpha value is -1.47. The van der Waals surface area contributed by atoms with E-state index in [1.54, 1.807) is 0 Å². The Morgan fingerprint density at radius 1 is 1.36 bits per heavy atom. The first-order valence-corrected chi connectivity index (χ1v) is 8.90. The average Bonchev–Trinajstić information content (AvgIpc) is 2.99. The van der Waals surface area contributed by atoms with Crippen molar-refractivity contribution in [3.05, 3.63) is 35.6 Å². The molecule has 0 spiro atoms. The van der Waals surface area contributed by atoms with Crippen LogP contribution in [0.5, 0.6) is 0 Å². The van der Waals surface area contributed by atoms with Crippen molar-refractivity contribution in [3.8, 4) is 0 Å². The minimum atomic E-state index is -3.59. The standard InChI is InChI=1S/C15H18FNO4S/c16-13-5-3-11(4-6-13)9-22(20,21)17-8-12-2-1-7-15(12,10-17)14(18)19/h3-6,12H,1-2,7-10H2,(H,18,19)/t12-,15+/m0/s1. The number of nitrogens with zero attached hydrogens (tertiary/aromatic N) is 1. The van der Waals surface area contributed by atoms with E-state index in [0.29, 0.717) is 12.0 Å². The number of rotatable bonds is 4. The maximum atomic E-state index is 12.9. The highest BCUT2D eigenvalue weighted by Crippen LogP contribution is 2.49. The molecule has 1 saturated heterocycles. The zero-order valence-electron chi connectivity index (χ0n) is 12.0. The third kappa shape index (κ3) is 2.52. The second-order valence-corrected chi connectivity index (χ2v) is 8.19. The molecule has 1 aromatic rings. The Labute approximate surface area is 128 Å². The van der Waals surface area contributed by atoms with Crippen LogP contribution in [-0.4, -0.2) is 36.9 Å². The number of hydrogen-bond acceptors (Lipinski definition) is 3. The summed E-state index contributed by atoms with van der Waals surface area (Å²) in [7, 11) is -3.59. The SMILES string of the molecule is O=C(O)[C@@]12CCC[C@H]1CN(S(=O)(=O)Cc1ccc(F)cc1)C2. The second-order valence-electron chi connectivity index (χ2n) is 6.23. The van der Waals surface area contributed by atoms with E-state index in [9.17, 15) is 22.7 Å². The van der Waals surface area contributed by atoms with Gasteiger partial charge in [-0.05, 0) is 36.5 Å². The summed E-state index contributed by atoms with van der Waals surface area (Å²) in [4.78, 5) is 11.6. The molecule has 7 heteroatoms. The van der Waals surface area contributed by atoms with Gasteiger partial charge in [-0.1, -0.05) is 18.6 Å². The number of carbonyl (C=O) groups is 1. The molecule has 5 nitrogen and oxygen atoms in total. The predicted molar refractivity (Wildman–Crippen MR) is 78.0 cm³/mol. The van der Waals surface area contributed by atoms with E-state index >= 15 is 0 Å². The number of benzene rings is 1. The van der Waals surface area contributed by atoms with Crippen molar-refractivity contribution < 1.29 is 22.7 Å². The fourth-order valence-electron chi connectivity index (χ4n) is 3.69. The molecule has 0 radical (unpaired) electrons. The predicted octanol–water partition coefficient (Wildman–Crippen LogP) is 1.84. The van der Waals surface area contributed by atoms with Crippen LogP contribution >= 0.6 is 0 Å². The molecule has 0 amide bonds. The molecule has 1 heterocycles. The Balaban J connectivity index is 1.79. The van der Waals surface area contributed by atoms with Crippen molar-refractivity contribution in [1.82, 2.24) is 4.31 Å². The normalized spacial score (nSPS) is 28.7.